The van der Waals surface area contributed by atoms with Crippen molar-refractivity contribution >= 4 is 29.3 Å². The lowest BCUT2D eigenvalue weighted by atomic mass is 10.3. The van der Waals surface area contributed by atoms with Gasteiger partial charge >= 0.3 is 0 Å². The van der Waals surface area contributed by atoms with Crippen LogP contribution in [0, 0.1) is 0 Å². The van der Waals surface area contributed by atoms with Crippen LogP contribution in [-0.4, -0.2) is 12.2 Å². The fourth-order valence-corrected chi connectivity index (χ4v) is 1.49. The van der Waals surface area contributed by atoms with Crippen LogP contribution >= 0.6 is 11.3 Å². The van der Waals surface area contributed by atoms with Crippen molar-refractivity contribution in [1.82, 2.24) is 5.32 Å². The second-order valence-electron chi connectivity index (χ2n) is 1.81. The minimum Gasteiger partial charge on any atom is -0.266 e. The molecule has 0 spiro atoms. The van der Waals surface area contributed by atoms with Gasteiger partial charge in [-0.25, -0.2) is 5.32 Å². The van der Waals surface area contributed by atoms with Crippen LogP contribution in [0.15, 0.2) is 16.4 Å². The fraction of sp³-hybridized carbons (Fsp3) is 0. The highest BCUT2D eigenvalue weighted by atomic mass is 32.1. The van der Waals surface area contributed by atoms with E-state index in [0.29, 0.717) is 4.88 Å². The molecule has 0 bridgehead atoms. The third-order valence-corrected chi connectivity index (χ3v) is 2.10. The molecule has 0 aliphatic carbocycles. The Morgan fingerprint density at radius 2 is 2.40 bits per heavy atom. The minimum absolute atomic E-state index is 0.181. The van der Waals surface area contributed by atoms with E-state index in [9.17, 15) is 4.79 Å². The number of carbonyl (C=O) groups excluding carboxylic acids is 1. The average Bonchev–Trinajstić information content (AvgIpc) is 2.36. The van der Waals surface area contributed by atoms with Crippen LogP contribution in [0.25, 0.3) is 0 Å². The summed E-state index contributed by atoms with van der Waals surface area (Å²) in [6.07, 6.45) is 1.29. The molecule has 1 aliphatic heterocycles. The van der Waals surface area contributed by atoms with E-state index in [4.69, 9.17) is 0 Å². The third-order valence-electron chi connectivity index (χ3n) is 1.21. The Kier molecular flexibility index (Phi) is 1.07. The average molecular weight is 151 g/mol. The molecule has 0 fully saturated rings. The molecule has 1 amide bonds. The molecule has 0 saturated heterocycles. The van der Waals surface area contributed by atoms with Crippen molar-refractivity contribution < 1.29 is 4.79 Å². The Bertz CT molecular complexity index is 302. The molecule has 2 rings (SSSR count). The molecule has 3 nitrogen and oxygen atoms in total. The van der Waals surface area contributed by atoms with Crippen LogP contribution in [0.2, 0.25) is 0 Å². The normalized spacial score (nSPS) is 14.6. The summed E-state index contributed by atoms with van der Waals surface area (Å²) >= 11 is 1.38. The van der Waals surface area contributed by atoms with Crippen LogP contribution < -0.4 is 5.32 Å². The highest BCUT2D eigenvalue weighted by molar-refractivity contribution is 7.12. The number of fused-ring (bicyclic) bond motifs is 1. The number of carbonyl (C=O) groups is 1. The van der Waals surface area contributed by atoms with Crippen LogP contribution in [0.5, 0.6) is 0 Å². The zero-order valence-corrected chi connectivity index (χ0v) is 5.76. The highest BCUT2D eigenvalue weighted by Gasteiger charge is 2.15. The second kappa shape index (κ2) is 1.91. The van der Waals surface area contributed by atoms with Crippen molar-refractivity contribution in [2.75, 3.05) is 0 Å². The van der Waals surface area contributed by atoms with E-state index in [0.717, 1.165) is 5.69 Å². The maximum atomic E-state index is 10.9. The van der Waals surface area contributed by atoms with E-state index in [2.05, 4.69) is 10.3 Å². The van der Waals surface area contributed by atoms with E-state index in [1.54, 1.807) is 0 Å². The third kappa shape index (κ3) is 0.657. The van der Waals surface area contributed by atoms with Gasteiger partial charge in [-0.3, -0.25) is 4.79 Å². The van der Waals surface area contributed by atoms with E-state index in [1.807, 2.05) is 11.4 Å². The first-order valence-corrected chi connectivity index (χ1v) is 3.61. The molecular weight excluding hydrogens is 148 g/mol. The summed E-state index contributed by atoms with van der Waals surface area (Å²) < 4.78 is 0. The summed E-state index contributed by atoms with van der Waals surface area (Å²) in [5.41, 5.74) is 0.741. The number of hydrogen-bond acceptors (Lipinski definition) is 2. The van der Waals surface area contributed by atoms with Gasteiger partial charge in [0, 0.05) is 0 Å². The zero-order valence-electron chi connectivity index (χ0n) is 4.94. The monoisotopic (exact) mass is 151 g/mol. The summed E-state index contributed by atoms with van der Waals surface area (Å²) in [4.78, 5) is 15.1. The molecule has 2 heterocycles. The van der Waals surface area contributed by atoms with Crippen LogP contribution in [0.4, 0.5) is 5.69 Å². The second-order valence-corrected chi connectivity index (χ2v) is 2.73. The molecule has 0 saturated carbocycles. The first-order chi connectivity index (χ1) is 4.88. The zero-order chi connectivity index (χ0) is 6.97. The van der Waals surface area contributed by atoms with E-state index < -0.39 is 0 Å². The number of rotatable bonds is 0. The summed E-state index contributed by atoms with van der Waals surface area (Å²) in [7, 11) is 0. The van der Waals surface area contributed by atoms with Gasteiger partial charge in [0.2, 0.25) is 0 Å². The molecule has 1 radical (unpaired) electrons. The molecule has 1 aliphatic rings. The number of aliphatic imine (C=N–C) groups is 1. The quantitative estimate of drug-likeness (QED) is 0.548. The van der Waals surface area contributed by atoms with Gasteiger partial charge in [-0.2, -0.15) is 4.99 Å². The fourth-order valence-electron chi connectivity index (χ4n) is 0.766. The number of amides is 1. The van der Waals surface area contributed by atoms with Gasteiger partial charge in [-0.1, -0.05) is 0 Å². The minimum atomic E-state index is -0.181. The largest absolute Gasteiger partial charge is 0.290 e. The molecule has 0 atom stereocenters. The summed E-state index contributed by atoms with van der Waals surface area (Å²) in [5.74, 6) is -0.181. The molecule has 0 aromatic carbocycles. The number of thiophene rings is 1. The molecule has 4 heteroatoms. The molecule has 49 valence electrons. The van der Waals surface area contributed by atoms with E-state index in [1.165, 1.54) is 17.7 Å². The summed E-state index contributed by atoms with van der Waals surface area (Å²) in [6.45, 7) is 0. The van der Waals surface area contributed by atoms with Crippen molar-refractivity contribution in [2.45, 2.75) is 0 Å². The summed E-state index contributed by atoms with van der Waals surface area (Å²) in [6, 6.07) is 1.81. The van der Waals surface area contributed by atoms with Crippen molar-refractivity contribution in [2.24, 2.45) is 4.99 Å². The highest BCUT2D eigenvalue weighted by Crippen LogP contribution is 2.24. The van der Waals surface area contributed by atoms with Crippen molar-refractivity contribution in [3.8, 4) is 0 Å². The van der Waals surface area contributed by atoms with Gasteiger partial charge in [0.25, 0.3) is 5.91 Å². The molecule has 0 N–H and O–H groups in total. The van der Waals surface area contributed by atoms with Crippen molar-refractivity contribution in [3.05, 3.63) is 16.3 Å². The predicted molar refractivity (Wildman–Crippen MR) is 38.9 cm³/mol. The molecule has 10 heavy (non-hydrogen) atoms. The van der Waals surface area contributed by atoms with Gasteiger partial charge in [-0.15, -0.1) is 11.3 Å². The Morgan fingerprint density at radius 1 is 1.50 bits per heavy atom. The smallest absolute Gasteiger partial charge is 0.266 e. The molecule has 1 aromatic rings. The summed E-state index contributed by atoms with van der Waals surface area (Å²) in [5, 5.41) is 5.74. The first-order valence-electron chi connectivity index (χ1n) is 2.73. The maximum absolute atomic E-state index is 10.9. The van der Waals surface area contributed by atoms with Crippen molar-refractivity contribution in [3.63, 3.8) is 0 Å². The predicted octanol–water partition coefficient (Wildman–Crippen LogP) is 1.17. The Hall–Kier alpha value is -1.16. The van der Waals surface area contributed by atoms with Crippen LogP contribution in [0.1, 0.15) is 9.67 Å². The lowest BCUT2D eigenvalue weighted by molar-refractivity contribution is 0.101. The van der Waals surface area contributed by atoms with Crippen LogP contribution in [0.3, 0.4) is 0 Å². The van der Waals surface area contributed by atoms with Gasteiger partial charge < -0.3 is 0 Å². The Balaban J connectivity index is 2.58. The SMILES string of the molecule is O=C1N=C[N]c2ccsc21. The van der Waals surface area contributed by atoms with Gasteiger partial charge in [0.15, 0.2) is 0 Å². The Morgan fingerprint density at radius 3 is 3.20 bits per heavy atom. The first kappa shape index (κ1) is 5.61. The van der Waals surface area contributed by atoms with Gasteiger partial charge in [0.05, 0.1) is 5.69 Å². The lowest BCUT2D eigenvalue weighted by Gasteiger charge is -1.99. The van der Waals surface area contributed by atoms with Crippen molar-refractivity contribution in [1.29, 1.82) is 0 Å². The van der Waals surface area contributed by atoms with Gasteiger partial charge in [0.1, 0.15) is 11.2 Å². The maximum Gasteiger partial charge on any atom is 0.290 e. The number of nitrogens with zero attached hydrogens (tertiary/aromatic N) is 2. The number of hydrogen-bond donors (Lipinski definition) is 0. The molecule has 1 aromatic heterocycles. The topological polar surface area (TPSA) is 43.5 Å². The van der Waals surface area contributed by atoms with E-state index in [-0.39, 0.29) is 5.91 Å². The van der Waals surface area contributed by atoms with Crippen LogP contribution in [-0.2, 0) is 0 Å². The Labute approximate surface area is 61.4 Å². The lowest BCUT2D eigenvalue weighted by Crippen LogP contribution is -2.06. The van der Waals surface area contributed by atoms with Gasteiger partial charge in [-0.05, 0) is 11.4 Å². The van der Waals surface area contributed by atoms with E-state index >= 15 is 0 Å². The standard InChI is InChI=1S/C6H3N2OS/c9-6-5-4(1-2-10-5)7-3-8-6/h1-3H. The molecule has 0 unspecified atom stereocenters. The molecular formula is C6H3N2OS.